The minimum Gasteiger partial charge on any atom is -0.480 e. The van der Waals surface area contributed by atoms with Crippen molar-refractivity contribution in [1.29, 1.82) is 0 Å². The molecule has 1 fully saturated rings. The van der Waals surface area contributed by atoms with Crippen LogP contribution in [0, 0.1) is 12.8 Å². The van der Waals surface area contributed by atoms with Crippen LogP contribution in [0.15, 0.2) is 10.3 Å². The Kier molecular flexibility index (Phi) is 4.20. The molecule has 1 atom stereocenters. The van der Waals surface area contributed by atoms with Gasteiger partial charge in [0.25, 0.3) is 10.0 Å². The summed E-state index contributed by atoms with van der Waals surface area (Å²) in [6.45, 7) is 1.71. The summed E-state index contributed by atoms with van der Waals surface area (Å²) in [5, 5.41) is 9.07. The zero-order chi connectivity index (χ0) is 14.2. The maximum Gasteiger partial charge on any atom is 0.321 e. The summed E-state index contributed by atoms with van der Waals surface area (Å²) < 4.78 is 26.9. The highest BCUT2D eigenvalue weighted by Gasteiger charge is 2.33. The van der Waals surface area contributed by atoms with E-state index in [9.17, 15) is 13.2 Å². The molecule has 5 nitrogen and oxygen atoms in total. The zero-order valence-electron chi connectivity index (χ0n) is 10.2. The van der Waals surface area contributed by atoms with Gasteiger partial charge in [-0.05, 0) is 30.9 Å². The first-order valence-corrected chi connectivity index (χ1v) is 8.48. The zero-order valence-corrected chi connectivity index (χ0v) is 12.6. The molecule has 0 amide bonds. The van der Waals surface area contributed by atoms with Gasteiger partial charge >= 0.3 is 5.97 Å². The van der Waals surface area contributed by atoms with Crippen LogP contribution in [0.25, 0.3) is 0 Å². The van der Waals surface area contributed by atoms with E-state index < -0.39 is 22.0 Å². The van der Waals surface area contributed by atoms with Crippen molar-refractivity contribution < 1.29 is 18.3 Å². The minimum absolute atomic E-state index is 0.0528. The van der Waals surface area contributed by atoms with Gasteiger partial charge in [0.1, 0.15) is 10.3 Å². The van der Waals surface area contributed by atoms with Gasteiger partial charge in [-0.2, -0.15) is 4.72 Å². The number of aryl methyl sites for hydroxylation is 1. The third-order valence-electron chi connectivity index (χ3n) is 2.96. The number of nitrogens with one attached hydrogen (secondary N) is 1. The molecule has 1 aliphatic carbocycles. The predicted molar refractivity (Wildman–Crippen MR) is 73.2 cm³/mol. The molecule has 1 saturated carbocycles. The monoisotopic (exact) mass is 323 g/mol. The second-order valence-corrected chi connectivity index (χ2v) is 8.31. The number of halogens is 1. The summed E-state index contributed by atoms with van der Waals surface area (Å²) >= 11 is 6.77. The Morgan fingerprint density at radius 3 is 2.68 bits per heavy atom. The lowest BCUT2D eigenvalue weighted by atomic mass is 10.1. The highest BCUT2D eigenvalue weighted by molar-refractivity contribution is 7.91. The van der Waals surface area contributed by atoms with E-state index in [1.54, 1.807) is 6.92 Å². The Morgan fingerprint density at radius 1 is 1.63 bits per heavy atom. The molecule has 8 heteroatoms. The number of aliphatic carboxylic acids is 1. The predicted octanol–water partition coefficient (Wildman–Crippen LogP) is 2.24. The first kappa shape index (κ1) is 14.8. The van der Waals surface area contributed by atoms with Crippen LogP contribution in [-0.2, 0) is 14.8 Å². The molecule has 0 aromatic carbocycles. The fourth-order valence-electron chi connectivity index (χ4n) is 1.70. The van der Waals surface area contributed by atoms with Crippen molar-refractivity contribution in [2.24, 2.45) is 5.92 Å². The lowest BCUT2D eigenvalue weighted by Crippen LogP contribution is -2.40. The SMILES string of the molecule is Cc1cc(S(=O)(=O)NC(CC2CC2)C(=O)O)sc1Cl. The Balaban J connectivity index is 2.16. The molecule has 0 radical (unpaired) electrons. The minimum atomic E-state index is -3.82. The van der Waals surface area contributed by atoms with Gasteiger partial charge in [-0.25, -0.2) is 8.42 Å². The topological polar surface area (TPSA) is 83.5 Å². The highest BCUT2D eigenvalue weighted by atomic mass is 35.5. The van der Waals surface area contributed by atoms with E-state index in [4.69, 9.17) is 16.7 Å². The van der Waals surface area contributed by atoms with Gasteiger partial charge in [0.15, 0.2) is 0 Å². The third kappa shape index (κ3) is 3.68. The third-order valence-corrected chi connectivity index (χ3v) is 6.46. The van der Waals surface area contributed by atoms with Crippen molar-refractivity contribution in [1.82, 2.24) is 4.72 Å². The van der Waals surface area contributed by atoms with E-state index in [2.05, 4.69) is 4.72 Å². The molecule has 2 N–H and O–H groups in total. The van der Waals surface area contributed by atoms with Gasteiger partial charge in [0.05, 0.1) is 4.34 Å². The molecule has 106 valence electrons. The summed E-state index contributed by atoms with van der Waals surface area (Å²) in [5.74, 6) is -0.827. The van der Waals surface area contributed by atoms with Crippen LogP contribution in [0.5, 0.6) is 0 Å². The van der Waals surface area contributed by atoms with E-state index in [0.29, 0.717) is 22.2 Å². The number of sulfonamides is 1. The molecule has 2 rings (SSSR count). The number of rotatable bonds is 6. The molecule has 0 aliphatic heterocycles. The van der Waals surface area contributed by atoms with Crippen LogP contribution in [-0.4, -0.2) is 25.5 Å². The number of thiophene rings is 1. The van der Waals surface area contributed by atoms with Crippen molar-refractivity contribution in [3.8, 4) is 0 Å². The van der Waals surface area contributed by atoms with Crippen LogP contribution < -0.4 is 4.72 Å². The molecular weight excluding hydrogens is 310 g/mol. The lowest BCUT2D eigenvalue weighted by Gasteiger charge is -2.13. The first-order valence-electron chi connectivity index (χ1n) is 5.80. The molecule has 0 spiro atoms. The first-order chi connectivity index (χ1) is 8.79. The molecular formula is C11H14ClNO4S2. The Morgan fingerprint density at radius 2 is 2.26 bits per heavy atom. The quantitative estimate of drug-likeness (QED) is 0.841. The fourth-order valence-corrected chi connectivity index (χ4v) is 4.62. The molecule has 1 unspecified atom stereocenters. The molecule has 19 heavy (non-hydrogen) atoms. The fraction of sp³-hybridized carbons (Fsp3) is 0.545. The number of hydrogen-bond donors (Lipinski definition) is 2. The van der Waals surface area contributed by atoms with Crippen LogP contribution in [0.4, 0.5) is 0 Å². The highest BCUT2D eigenvalue weighted by Crippen LogP contribution is 2.34. The normalized spacial score (nSPS) is 17.4. The molecule has 1 aliphatic rings. The van der Waals surface area contributed by atoms with E-state index in [0.717, 1.165) is 24.2 Å². The van der Waals surface area contributed by atoms with E-state index >= 15 is 0 Å². The summed E-state index contributed by atoms with van der Waals surface area (Å²) in [6.07, 6.45) is 2.28. The van der Waals surface area contributed by atoms with Crippen molar-refractivity contribution in [2.45, 2.75) is 36.4 Å². The number of carboxylic acids is 1. The Bertz CT molecular complexity index is 572. The molecule has 1 aromatic rings. The average molecular weight is 324 g/mol. The van der Waals surface area contributed by atoms with Gasteiger partial charge in [0, 0.05) is 0 Å². The lowest BCUT2D eigenvalue weighted by molar-refractivity contribution is -0.139. The van der Waals surface area contributed by atoms with Gasteiger partial charge in [-0.3, -0.25) is 4.79 Å². The summed E-state index contributed by atoms with van der Waals surface area (Å²) in [6, 6.07) is 0.379. The number of hydrogen-bond acceptors (Lipinski definition) is 4. The van der Waals surface area contributed by atoms with E-state index in [1.807, 2.05) is 0 Å². The molecule has 0 saturated heterocycles. The van der Waals surface area contributed by atoms with Crippen molar-refractivity contribution in [3.63, 3.8) is 0 Å². The maximum absolute atomic E-state index is 12.1. The van der Waals surface area contributed by atoms with Crippen LogP contribution in [0.1, 0.15) is 24.8 Å². The van der Waals surface area contributed by atoms with Crippen LogP contribution in [0.3, 0.4) is 0 Å². The van der Waals surface area contributed by atoms with Gasteiger partial charge in [-0.1, -0.05) is 24.4 Å². The van der Waals surface area contributed by atoms with Gasteiger partial charge in [0.2, 0.25) is 0 Å². The second kappa shape index (κ2) is 5.40. The van der Waals surface area contributed by atoms with Crippen LogP contribution in [0.2, 0.25) is 4.34 Å². The summed E-state index contributed by atoms with van der Waals surface area (Å²) in [7, 11) is -3.82. The van der Waals surface area contributed by atoms with Crippen LogP contribution >= 0.6 is 22.9 Å². The van der Waals surface area contributed by atoms with Gasteiger partial charge < -0.3 is 5.11 Å². The summed E-state index contributed by atoms with van der Waals surface area (Å²) in [4.78, 5) is 11.1. The van der Waals surface area contributed by atoms with Crippen molar-refractivity contribution in [2.75, 3.05) is 0 Å². The molecule has 1 aromatic heterocycles. The Labute approximate surface area is 120 Å². The van der Waals surface area contributed by atoms with Crippen molar-refractivity contribution in [3.05, 3.63) is 16.0 Å². The standard InChI is InChI=1S/C11H14ClNO4S2/c1-6-4-9(18-10(6)12)19(16,17)13-8(11(14)15)5-7-2-3-7/h4,7-8,13H,2-3,5H2,1H3,(H,14,15). The Hall–Kier alpha value is -0.630. The average Bonchev–Trinajstić information content (AvgIpc) is 3.04. The smallest absolute Gasteiger partial charge is 0.321 e. The number of carboxylic acid groups (broad SMARTS) is 1. The number of carbonyl (C=O) groups is 1. The van der Waals surface area contributed by atoms with E-state index in [-0.39, 0.29) is 4.21 Å². The maximum atomic E-state index is 12.1. The largest absolute Gasteiger partial charge is 0.480 e. The van der Waals surface area contributed by atoms with E-state index in [1.165, 1.54) is 6.07 Å². The molecule has 1 heterocycles. The van der Waals surface area contributed by atoms with Gasteiger partial charge in [-0.15, -0.1) is 11.3 Å². The van der Waals surface area contributed by atoms with Crippen molar-refractivity contribution >= 4 is 38.9 Å². The summed E-state index contributed by atoms with van der Waals surface area (Å²) in [5.41, 5.74) is 0.668. The molecule has 0 bridgehead atoms. The second-order valence-electron chi connectivity index (χ2n) is 4.71.